The zero-order chi connectivity index (χ0) is 25.0. The molecule has 2 bridgehead atoms. The van der Waals surface area contributed by atoms with E-state index < -0.39 is 65.1 Å². The number of carbonyl (C=O) groups excluding carboxylic acids is 2. The van der Waals surface area contributed by atoms with Crippen LogP contribution in [0, 0.1) is 23.3 Å². The van der Waals surface area contributed by atoms with Gasteiger partial charge >= 0.3 is 0 Å². The number of aryl methyl sites for hydroxylation is 1. The molecular weight excluding hydrogens is 470 g/mol. The molecule has 2 amide bonds. The molecule has 0 spiro atoms. The van der Waals surface area contributed by atoms with Crippen molar-refractivity contribution in [1.29, 1.82) is 0 Å². The molecule has 0 aromatic heterocycles. The summed E-state index contributed by atoms with van der Waals surface area (Å²) in [6.45, 7) is -0.570. The molecule has 3 aliphatic heterocycles. The van der Waals surface area contributed by atoms with Crippen LogP contribution in [0.1, 0.15) is 17.5 Å². The monoisotopic (exact) mass is 489 g/mol. The highest BCUT2D eigenvalue weighted by Crippen LogP contribution is 2.39. The average Bonchev–Trinajstić information content (AvgIpc) is 2.97. The van der Waals surface area contributed by atoms with Gasteiger partial charge in [0, 0.05) is 37.0 Å². The molecule has 182 valence electrons. The van der Waals surface area contributed by atoms with Gasteiger partial charge in [0.1, 0.15) is 35.1 Å². The van der Waals surface area contributed by atoms with E-state index in [-0.39, 0.29) is 23.5 Å². The second kappa shape index (κ2) is 8.42. The SMILES string of the molecule is O=C(NCc1c(F)cc(F)cc1F)C1=CN2C(=C(O)C1O)C(=O)N1CC2CCc2cccc(F)c21. The maximum Gasteiger partial charge on any atom is 0.278 e. The fourth-order valence-corrected chi connectivity index (χ4v) is 4.72. The number of aliphatic hydroxyl groups is 2. The molecule has 3 heterocycles. The molecule has 2 unspecified atom stereocenters. The van der Waals surface area contributed by atoms with E-state index in [1.165, 1.54) is 28.1 Å². The van der Waals surface area contributed by atoms with E-state index in [1.54, 1.807) is 6.07 Å². The number of piperazine rings is 1. The molecule has 3 aliphatic rings. The maximum atomic E-state index is 14.6. The number of carbonyl (C=O) groups is 2. The van der Waals surface area contributed by atoms with Crippen LogP contribution in [0.25, 0.3) is 0 Å². The molecule has 0 radical (unpaired) electrons. The molecule has 2 aromatic rings. The van der Waals surface area contributed by atoms with Crippen LogP contribution in [0.2, 0.25) is 0 Å². The summed E-state index contributed by atoms with van der Waals surface area (Å²) >= 11 is 0. The van der Waals surface area contributed by atoms with Crippen molar-refractivity contribution in [3.63, 3.8) is 0 Å². The van der Waals surface area contributed by atoms with E-state index in [0.29, 0.717) is 30.5 Å². The lowest BCUT2D eigenvalue weighted by Gasteiger charge is -2.43. The van der Waals surface area contributed by atoms with Crippen molar-refractivity contribution in [2.75, 3.05) is 11.4 Å². The Labute approximate surface area is 196 Å². The van der Waals surface area contributed by atoms with Gasteiger partial charge in [-0.1, -0.05) is 12.1 Å². The number of aliphatic hydroxyl groups excluding tert-OH is 2. The van der Waals surface area contributed by atoms with Gasteiger partial charge in [0.05, 0.1) is 17.3 Å². The Balaban J connectivity index is 1.44. The van der Waals surface area contributed by atoms with Crippen LogP contribution >= 0.6 is 0 Å². The van der Waals surface area contributed by atoms with E-state index in [4.69, 9.17) is 0 Å². The topological polar surface area (TPSA) is 93.1 Å². The normalized spacial score (nSPS) is 21.3. The van der Waals surface area contributed by atoms with Gasteiger partial charge in [-0.05, 0) is 24.5 Å². The molecule has 3 N–H and O–H groups in total. The van der Waals surface area contributed by atoms with Gasteiger partial charge in [0.25, 0.3) is 11.8 Å². The second-order valence-electron chi connectivity index (χ2n) is 8.51. The highest BCUT2D eigenvalue weighted by molar-refractivity contribution is 6.08. The Hall–Kier alpha value is -3.86. The van der Waals surface area contributed by atoms with Crippen molar-refractivity contribution in [3.8, 4) is 0 Å². The molecule has 0 aliphatic carbocycles. The van der Waals surface area contributed by atoms with Crippen molar-refractivity contribution >= 4 is 17.5 Å². The number of rotatable bonds is 3. The van der Waals surface area contributed by atoms with Crippen LogP contribution in [0.3, 0.4) is 0 Å². The van der Waals surface area contributed by atoms with Gasteiger partial charge in [0.2, 0.25) is 0 Å². The molecule has 0 saturated carbocycles. The molecule has 1 fully saturated rings. The number of para-hydroxylation sites is 1. The van der Waals surface area contributed by atoms with Crippen LogP contribution in [-0.2, 0) is 22.6 Å². The van der Waals surface area contributed by atoms with Crippen LogP contribution in [-0.4, -0.2) is 45.6 Å². The highest BCUT2D eigenvalue weighted by Gasteiger charge is 2.45. The van der Waals surface area contributed by atoms with E-state index in [9.17, 15) is 37.4 Å². The smallest absolute Gasteiger partial charge is 0.278 e. The molecule has 2 atom stereocenters. The number of hydrogen-bond acceptors (Lipinski definition) is 5. The summed E-state index contributed by atoms with van der Waals surface area (Å²) in [4.78, 5) is 28.6. The number of hydrogen-bond donors (Lipinski definition) is 3. The van der Waals surface area contributed by atoms with Crippen molar-refractivity contribution < 1.29 is 37.4 Å². The van der Waals surface area contributed by atoms with Crippen molar-refractivity contribution in [1.82, 2.24) is 10.2 Å². The van der Waals surface area contributed by atoms with Gasteiger partial charge in [-0.3, -0.25) is 9.59 Å². The van der Waals surface area contributed by atoms with E-state index in [2.05, 4.69) is 5.32 Å². The number of benzene rings is 2. The predicted molar refractivity (Wildman–Crippen MR) is 115 cm³/mol. The van der Waals surface area contributed by atoms with Crippen molar-refractivity contribution in [2.24, 2.45) is 0 Å². The molecule has 2 aromatic carbocycles. The highest BCUT2D eigenvalue weighted by atomic mass is 19.1. The minimum Gasteiger partial charge on any atom is -0.507 e. The third-order valence-electron chi connectivity index (χ3n) is 6.45. The zero-order valence-corrected chi connectivity index (χ0v) is 18.1. The fourth-order valence-electron chi connectivity index (χ4n) is 4.72. The Morgan fingerprint density at radius 3 is 2.54 bits per heavy atom. The largest absolute Gasteiger partial charge is 0.507 e. The first kappa shape index (κ1) is 22.9. The van der Waals surface area contributed by atoms with E-state index in [1.807, 2.05) is 0 Å². The third kappa shape index (κ3) is 3.72. The molecule has 35 heavy (non-hydrogen) atoms. The predicted octanol–water partition coefficient (Wildman–Crippen LogP) is 2.55. The Kier molecular flexibility index (Phi) is 5.51. The van der Waals surface area contributed by atoms with Gasteiger partial charge in [-0.25, -0.2) is 17.6 Å². The number of amides is 2. The second-order valence-corrected chi connectivity index (χ2v) is 8.51. The summed E-state index contributed by atoms with van der Waals surface area (Å²) in [6.07, 6.45) is 0.172. The minimum absolute atomic E-state index is 0.0804. The Morgan fingerprint density at radius 2 is 1.83 bits per heavy atom. The average molecular weight is 489 g/mol. The summed E-state index contributed by atoms with van der Waals surface area (Å²) in [7, 11) is 0. The number of fused-ring (bicyclic) bond motifs is 6. The van der Waals surface area contributed by atoms with Crippen molar-refractivity contribution in [3.05, 3.63) is 88.0 Å². The minimum atomic E-state index is -1.91. The van der Waals surface area contributed by atoms with Gasteiger partial charge in [-0.15, -0.1) is 0 Å². The zero-order valence-electron chi connectivity index (χ0n) is 18.1. The van der Waals surface area contributed by atoms with Gasteiger partial charge in [-0.2, -0.15) is 0 Å². The van der Waals surface area contributed by atoms with Gasteiger partial charge < -0.3 is 25.3 Å². The lowest BCUT2D eigenvalue weighted by atomic mass is 9.97. The van der Waals surface area contributed by atoms with Crippen LogP contribution < -0.4 is 10.2 Å². The van der Waals surface area contributed by atoms with E-state index >= 15 is 0 Å². The summed E-state index contributed by atoms with van der Waals surface area (Å²) in [5.41, 5.74) is -0.490. The lowest BCUT2D eigenvalue weighted by Crippen LogP contribution is -2.55. The molecular formula is C24H19F4N3O4. The Morgan fingerprint density at radius 1 is 1.11 bits per heavy atom. The quantitative estimate of drug-likeness (QED) is 0.577. The van der Waals surface area contributed by atoms with E-state index in [0.717, 1.165) is 0 Å². The fraction of sp³-hybridized carbons (Fsp3) is 0.250. The Bertz CT molecular complexity index is 1300. The molecule has 11 heteroatoms. The lowest BCUT2D eigenvalue weighted by molar-refractivity contribution is -0.121. The van der Waals surface area contributed by atoms with Crippen LogP contribution in [0.15, 0.2) is 53.6 Å². The summed E-state index contributed by atoms with van der Waals surface area (Å²) in [5, 5.41) is 23.5. The van der Waals surface area contributed by atoms with Gasteiger partial charge in [0.15, 0.2) is 5.76 Å². The van der Waals surface area contributed by atoms with Crippen LogP contribution in [0.5, 0.6) is 0 Å². The molecule has 7 nitrogen and oxygen atoms in total. The first-order valence-corrected chi connectivity index (χ1v) is 10.8. The summed E-state index contributed by atoms with van der Waals surface area (Å²) in [6, 6.07) is 4.97. The number of anilines is 1. The first-order chi connectivity index (χ1) is 16.7. The number of nitrogens with zero attached hydrogens (tertiary/aromatic N) is 2. The first-order valence-electron chi connectivity index (χ1n) is 10.8. The maximum absolute atomic E-state index is 14.6. The summed E-state index contributed by atoms with van der Waals surface area (Å²) in [5.74, 6) is -6.58. The molecule has 5 rings (SSSR count). The van der Waals surface area contributed by atoms with Crippen molar-refractivity contribution in [2.45, 2.75) is 31.5 Å². The third-order valence-corrected chi connectivity index (χ3v) is 6.45. The molecule has 1 saturated heterocycles. The standard InChI is InChI=1S/C24H19F4N3O4/c25-12-6-17(27)14(18(28)7-12)8-29-23(34)15-10-30-13-5-4-11-2-1-3-16(26)19(11)31(9-13)24(35)20(30)22(33)21(15)32/h1-3,6-7,10,13,21,32-33H,4-5,8-9H2,(H,29,34). The number of nitrogens with one attached hydrogen (secondary N) is 1. The number of halogens is 4. The summed E-state index contributed by atoms with van der Waals surface area (Å²) < 4.78 is 55.5. The van der Waals surface area contributed by atoms with Crippen LogP contribution in [0.4, 0.5) is 23.2 Å².